The second-order valence-electron chi connectivity index (χ2n) is 7.00. The maximum absolute atomic E-state index is 13.4. The number of carbonyl (C=O) groups excluding carboxylic acids is 1. The molecule has 0 radical (unpaired) electrons. The van der Waals surface area contributed by atoms with E-state index < -0.39 is 29.1 Å². The van der Waals surface area contributed by atoms with Gasteiger partial charge in [0, 0.05) is 11.6 Å². The molecule has 2 amide bonds. The van der Waals surface area contributed by atoms with Crippen LogP contribution in [-0.4, -0.2) is 46.0 Å². The Balaban J connectivity index is 1.57. The maximum Gasteiger partial charge on any atom is 0.405 e. The van der Waals surface area contributed by atoms with Crippen molar-refractivity contribution in [2.45, 2.75) is 49.3 Å². The van der Waals surface area contributed by atoms with Gasteiger partial charge in [0.1, 0.15) is 11.6 Å². The summed E-state index contributed by atoms with van der Waals surface area (Å²) in [5.74, 6) is -0.821. The zero-order chi connectivity index (χ0) is 18.9. The summed E-state index contributed by atoms with van der Waals surface area (Å²) >= 11 is 5.59. The number of carbonyl (C=O) groups is 2. The van der Waals surface area contributed by atoms with E-state index in [-0.39, 0.29) is 29.7 Å². The topological polar surface area (TPSA) is 108 Å². The Morgan fingerprint density at radius 2 is 1.96 bits per heavy atom. The van der Waals surface area contributed by atoms with Gasteiger partial charge in [0.2, 0.25) is 0 Å². The molecule has 3 saturated carbocycles. The van der Waals surface area contributed by atoms with Crippen molar-refractivity contribution < 1.29 is 28.9 Å². The minimum absolute atomic E-state index is 0.0301. The molecule has 0 spiro atoms. The van der Waals surface area contributed by atoms with Crippen LogP contribution in [0, 0.1) is 5.82 Å². The molecule has 2 bridgehead atoms. The van der Waals surface area contributed by atoms with Gasteiger partial charge in [0.15, 0.2) is 6.61 Å². The van der Waals surface area contributed by atoms with Crippen molar-refractivity contribution in [1.29, 1.82) is 0 Å². The molecule has 26 heavy (non-hydrogen) atoms. The predicted molar refractivity (Wildman–Crippen MR) is 90.8 cm³/mol. The summed E-state index contributed by atoms with van der Waals surface area (Å²) in [6.07, 6.45) is 0.263. The zero-order valence-electron chi connectivity index (χ0n) is 13.9. The van der Waals surface area contributed by atoms with E-state index >= 15 is 0 Å². The highest BCUT2D eigenvalue weighted by molar-refractivity contribution is 6.30. The van der Waals surface area contributed by atoms with E-state index in [1.807, 2.05) is 0 Å². The molecule has 0 unspecified atom stereocenters. The number of ether oxygens (including phenoxy) is 1. The van der Waals surface area contributed by atoms with Crippen LogP contribution in [0.5, 0.6) is 5.75 Å². The molecular weight excluding hydrogens is 367 g/mol. The second-order valence-corrected chi connectivity index (χ2v) is 7.41. The fourth-order valence-corrected chi connectivity index (χ4v) is 4.04. The minimum atomic E-state index is -1.16. The third-order valence-electron chi connectivity index (χ3n) is 5.34. The van der Waals surface area contributed by atoms with Gasteiger partial charge in [0.05, 0.1) is 16.7 Å². The van der Waals surface area contributed by atoms with Gasteiger partial charge in [-0.25, -0.2) is 9.18 Å². The highest BCUT2D eigenvalue weighted by atomic mass is 35.5. The number of aliphatic hydroxyl groups excluding tert-OH is 1. The van der Waals surface area contributed by atoms with E-state index in [0.29, 0.717) is 25.7 Å². The minimum Gasteiger partial charge on any atom is -0.484 e. The first kappa shape index (κ1) is 18.7. The van der Waals surface area contributed by atoms with E-state index in [1.165, 1.54) is 12.1 Å². The monoisotopic (exact) mass is 386 g/mol. The van der Waals surface area contributed by atoms with Gasteiger partial charge in [0.25, 0.3) is 5.91 Å². The van der Waals surface area contributed by atoms with Gasteiger partial charge in [-0.3, -0.25) is 4.79 Å². The maximum atomic E-state index is 13.4. The van der Waals surface area contributed by atoms with Crippen LogP contribution in [-0.2, 0) is 4.79 Å². The third-order valence-corrected chi connectivity index (χ3v) is 5.65. The van der Waals surface area contributed by atoms with Crippen LogP contribution >= 0.6 is 11.6 Å². The summed E-state index contributed by atoms with van der Waals surface area (Å²) < 4.78 is 18.7. The van der Waals surface area contributed by atoms with Crippen molar-refractivity contribution in [3.05, 3.63) is 29.0 Å². The number of carboxylic acid groups (broad SMARTS) is 1. The summed E-state index contributed by atoms with van der Waals surface area (Å²) in [4.78, 5) is 23.2. The third kappa shape index (κ3) is 3.71. The number of fused-ring (bicyclic) bond motifs is 3. The van der Waals surface area contributed by atoms with Crippen molar-refractivity contribution >= 4 is 23.6 Å². The second kappa shape index (κ2) is 6.92. The standard InChI is InChI=1S/C17H20ClFN2O5/c18-11-2-1-10(7-12(11)19)26-9-14(23)20-16-3-5-17(6-4-16,13(22)8-16)21-15(24)25/h1-2,7,13,21-22H,3-6,8-9H2,(H,20,23)(H,24,25)/t13-,16?,17?/m0/s1. The normalized spacial score (nSPS) is 29.9. The van der Waals surface area contributed by atoms with Crippen LogP contribution in [0.25, 0.3) is 0 Å². The quantitative estimate of drug-likeness (QED) is 0.619. The molecule has 3 aliphatic carbocycles. The lowest BCUT2D eigenvalue weighted by Crippen LogP contribution is -2.70. The van der Waals surface area contributed by atoms with Crippen molar-refractivity contribution in [2.75, 3.05) is 6.61 Å². The summed E-state index contributed by atoms with van der Waals surface area (Å²) in [7, 11) is 0. The lowest BCUT2D eigenvalue weighted by atomic mass is 9.60. The number of rotatable bonds is 5. The summed E-state index contributed by atoms with van der Waals surface area (Å²) in [6, 6.07) is 3.91. The van der Waals surface area contributed by atoms with Crippen LogP contribution < -0.4 is 15.4 Å². The van der Waals surface area contributed by atoms with Crippen molar-refractivity contribution in [2.24, 2.45) is 0 Å². The number of hydrogen-bond donors (Lipinski definition) is 4. The van der Waals surface area contributed by atoms with E-state index in [1.54, 1.807) is 0 Å². The number of aliphatic hydroxyl groups is 1. The fourth-order valence-electron chi connectivity index (χ4n) is 3.92. The van der Waals surface area contributed by atoms with Gasteiger partial charge < -0.3 is 25.6 Å². The Kier molecular flexibility index (Phi) is 4.98. The summed E-state index contributed by atoms with van der Waals surface area (Å²) in [5.41, 5.74) is -1.41. The van der Waals surface area contributed by atoms with E-state index in [0.717, 1.165) is 6.07 Å². The molecule has 7 nitrogen and oxygen atoms in total. The highest BCUT2D eigenvalue weighted by Gasteiger charge is 2.55. The molecule has 4 rings (SSSR count). The van der Waals surface area contributed by atoms with Gasteiger partial charge >= 0.3 is 6.09 Å². The Morgan fingerprint density at radius 3 is 2.54 bits per heavy atom. The van der Waals surface area contributed by atoms with E-state index in [2.05, 4.69) is 10.6 Å². The smallest absolute Gasteiger partial charge is 0.405 e. The van der Waals surface area contributed by atoms with E-state index in [4.69, 9.17) is 21.4 Å². The average Bonchev–Trinajstić information content (AvgIpc) is 2.57. The van der Waals surface area contributed by atoms with Crippen LogP contribution in [0.15, 0.2) is 18.2 Å². The Labute approximate surface area is 154 Å². The van der Waals surface area contributed by atoms with Gasteiger partial charge in [-0.15, -0.1) is 0 Å². The number of benzene rings is 1. The Bertz CT molecular complexity index is 721. The van der Waals surface area contributed by atoms with E-state index in [9.17, 15) is 19.1 Å². The van der Waals surface area contributed by atoms with Crippen LogP contribution in [0.3, 0.4) is 0 Å². The number of halogens is 2. The first-order valence-electron chi connectivity index (χ1n) is 8.32. The lowest BCUT2D eigenvalue weighted by Gasteiger charge is -2.55. The first-order chi connectivity index (χ1) is 12.2. The molecule has 0 heterocycles. The molecular formula is C17H20ClFN2O5. The Hall–Kier alpha value is -2.06. The van der Waals surface area contributed by atoms with Crippen molar-refractivity contribution in [3.8, 4) is 5.75 Å². The Morgan fingerprint density at radius 1 is 1.27 bits per heavy atom. The predicted octanol–water partition coefficient (Wildman–Crippen LogP) is 2.06. The van der Waals surface area contributed by atoms with Crippen molar-refractivity contribution in [3.63, 3.8) is 0 Å². The molecule has 0 saturated heterocycles. The average molecular weight is 387 g/mol. The van der Waals surface area contributed by atoms with Crippen molar-refractivity contribution in [1.82, 2.24) is 10.6 Å². The van der Waals surface area contributed by atoms with Crippen LogP contribution in [0.2, 0.25) is 5.02 Å². The molecule has 4 N–H and O–H groups in total. The lowest BCUT2D eigenvalue weighted by molar-refractivity contribution is -0.129. The molecule has 0 aromatic heterocycles. The number of amides is 2. The zero-order valence-corrected chi connectivity index (χ0v) is 14.7. The molecule has 1 atom stereocenters. The van der Waals surface area contributed by atoms with Gasteiger partial charge in [-0.05, 0) is 44.2 Å². The molecule has 0 aliphatic heterocycles. The highest BCUT2D eigenvalue weighted by Crippen LogP contribution is 2.47. The molecule has 142 valence electrons. The first-order valence-corrected chi connectivity index (χ1v) is 8.70. The number of hydrogen-bond acceptors (Lipinski definition) is 4. The largest absolute Gasteiger partial charge is 0.484 e. The number of nitrogens with one attached hydrogen (secondary N) is 2. The van der Waals surface area contributed by atoms with Crippen LogP contribution in [0.4, 0.5) is 9.18 Å². The molecule has 1 aromatic carbocycles. The van der Waals surface area contributed by atoms with Gasteiger partial charge in [-0.2, -0.15) is 0 Å². The SMILES string of the molecule is O=C(O)NC12CCC(NC(=O)COc3ccc(Cl)c(F)c3)(CC1)C[C@@H]2O. The van der Waals surface area contributed by atoms with Crippen LogP contribution in [0.1, 0.15) is 32.1 Å². The molecule has 3 fully saturated rings. The summed E-state index contributed by atoms with van der Waals surface area (Å²) in [5, 5.41) is 24.7. The summed E-state index contributed by atoms with van der Waals surface area (Å²) in [6.45, 7) is -0.294. The fraction of sp³-hybridized carbons (Fsp3) is 0.529. The molecule has 9 heteroatoms. The molecule has 3 aliphatic rings. The molecule has 1 aromatic rings. The van der Waals surface area contributed by atoms with Gasteiger partial charge in [-0.1, -0.05) is 11.6 Å².